The first-order chi connectivity index (χ1) is 4.81. The molecule has 0 aliphatic heterocycles. The predicted octanol–water partition coefficient (Wildman–Crippen LogP) is 0.763. The maximum Gasteiger partial charge on any atom is 0.00288 e. The van der Waals surface area contributed by atoms with Crippen molar-refractivity contribution in [3.05, 3.63) is 0 Å². The maximum atomic E-state index is 5.36. The minimum Gasteiger partial charge on any atom is -0.330 e. The molecule has 10 heavy (non-hydrogen) atoms. The molecule has 4 N–H and O–H groups in total. The summed E-state index contributed by atoms with van der Waals surface area (Å²) in [6.07, 6.45) is 4.47. The van der Waals surface area contributed by atoms with Crippen LogP contribution in [0.15, 0.2) is 0 Å². The van der Waals surface area contributed by atoms with E-state index in [2.05, 4.69) is 12.6 Å². The van der Waals surface area contributed by atoms with E-state index in [0.29, 0.717) is 5.25 Å². The second kappa shape index (κ2) is 7.38. The van der Waals surface area contributed by atoms with Crippen molar-refractivity contribution >= 4 is 12.6 Å². The van der Waals surface area contributed by atoms with E-state index in [-0.39, 0.29) is 0 Å². The number of unbranched alkanes of at least 4 members (excludes halogenated alkanes) is 1. The molecule has 1 atom stereocenters. The molecule has 0 aromatic carbocycles. The zero-order chi connectivity index (χ0) is 7.82. The van der Waals surface area contributed by atoms with Crippen LogP contribution in [0.25, 0.3) is 0 Å². The highest BCUT2D eigenvalue weighted by Gasteiger charge is 1.99. The van der Waals surface area contributed by atoms with Crippen molar-refractivity contribution < 1.29 is 0 Å². The molecule has 0 aromatic heterocycles. The van der Waals surface area contributed by atoms with Gasteiger partial charge in [0.25, 0.3) is 0 Å². The molecule has 0 aliphatic rings. The third kappa shape index (κ3) is 6.39. The zero-order valence-corrected chi connectivity index (χ0v) is 7.32. The Morgan fingerprint density at radius 3 is 2.20 bits per heavy atom. The summed E-state index contributed by atoms with van der Waals surface area (Å²) in [5.41, 5.74) is 10.7. The molecule has 1 unspecified atom stereocenters. The summed E-state index contributed by atoms with van der Waals surface area (Å²) < 4.78 is 0. The van der Waals surface area contributed by atoms with Crippen molar-refractivity contribution in [2.75, 3.05) is 13.1 Å². The first-order valence-electron chi connectivity index (χ1n) is 3.89. The number of hydrogen-bond donors (Lipinski definition) is 3. The van der Waals surface area contributed by atoms with Crippen LogP contribution in [0.5, 0.6) is 0 Å². The van der Waals surface area contributed by atoms with Crippen molar-refractivity contribution in [1.82, 2.24) is 0 Å². The highest BCUT2D eigenvalue weighted by Crippen LogP contribution is 2.09. The average molecular weight is 162 g/mol. The van der Waals surface area contributed by atoms with Gasteiger partial charge in [0.15, 0.2) is 0 Å². The van der Waals surface area contributed by atoms with Gasteiger partial charge in [-0.15, -0.1) is 0 Å². The van der Waals surface area contributed by atoms with E-state index in [1.54, 1.807) is 0 Å². The summed E-state index contributed by atoms with van der Waals surface area (Å²) in [5.74, 6) is 0. The predicted molar refractivity (Wildman–Crippen MR) is 49.4 cm³/mol. The smallest absolute Gasteiger partial charge is 0.00288 e. The number of nitrogens with two attached hydrogens (primary N) is 2. The molecule has 0 heterocycles. The van der Waals surface area contributed by atoms with Crippen molar-refractivity contribution in [1.29, 1.82) is 0 Å². The minimum absolute atomic E-state index is 0.483. The molecule has 0 rings (SSSR count). The molecular formula is C7H18N2S. The van der Waals surface area contributed by atoms with Crippen molar-refractivity contribution in [3.63, 3.8) is 0 Å². The Morgan fingerprint density at radius 1 is 1.00 bits per heavy atom. The summed E-state index contributed by atoms with van der Waals surface area (Å²) in [7, 11) is 0. The molecule has 0 saturated carbocycles. The van der Waals surface area contributed by atoms with E-state index in [1.807, 2.05) is 0 Å². The number of rotatable bonds is 6. The lowest BCUT2D eigenvalue weighted by molar-refractivity contribution is 0.638. The molecule has 0 bridgehead atoms. The molecule has 0 radical (unpaired) electrons. The molecule has 0 aromatic rings. The monoisotopic (exact) mass is 162 g/mol. The summed E-state index contributed by atoms with van der Waals surface area (Å²) >= 11 is 4.36. The largest absolute Gasteiger partial charge is 0.330 e. The van der Waals surface area contributed by atoms with E-state index < -0.39 is 0 Å². The van der Waals surface area contributed by atoms with E-state index in [0.717, 1.165) is 32.4 Å². The maximum absolute atomic E-state index is 5.36. The molecule has 0 fully saturated rings. The molecule has 0 spiro atoms. The molecule has 0 aliphatic carbocycles. The van der Waals surface area contributed by atoms with Crippen LogP contribution in [0.4, 0.5) is 0 Å². The van der Waals surface area contributed by atoms with E-state index in [1.165, 1.54) is 6.42 Å². The van der Waals surface area contributed by atoms with E-state index in [4.69, 9.17) is 11.5 Å². The van der Waals surface area contributed by atoms with Crippen LogP contribution < -0.4 is 11.5 Å². The minimum atomic E-state index is 0.483. The first kappa shape index (κ1) is 10.3. The van der Waals surface area contributed by atoms with Crippen LogP contribution in [0.1, 0.15) is 25.7 Å². The van der Waals surface area contributed by atoms with Crippen LogP contribution in [0.3, 0.4) is 0 Å². The van der Waals surface area contributed by atoms with Gasteiger partial charge in [-0.25, -0.2) is 0 Å². The lowest BCUT2D eigenvalue weighted by Crippen LogP contribution is -2.09. The summed E-state index contributed by atoms with van der Waals surface area (Å²) in [5, 5.41) is 0.483. The normalized spacial score (nSPS) is 13.5. The van der Waals surface area contributed by atoms with Gasteiger partial charge in [0.2, 0.25) is 0 Å². The third-order valence-electron chi connectivity index (χ3n) is 1.49. The summed E-state index contributed by atoms with van der Waals surface area (Å²) in [6.45, 7) is 1.54. The van der Waals surface area contributed by atoms with Gasteiger partial charge >= 0.3 is 0 Å². The molecule has 0 saturated heterocycles. The highest BCUT2D eigenvalue weighted by atomic mass is 32.1. The first-order valence-corrected chi connectivity index (χ1v) is 4.41. The third-order valence-corrected chi connectivity index (χ3v) is 2.01. The lowest BCUT2D eigenvalue weighted by Gasteiger charge is -2.07. The van der Waals surface area contributed by atoms with Gasteiger partial charge < -0.3 is 11.5 Å². The lowest BCUT2D eigenvalue weighted by atomic mass is 10.1. The van der Waals surface area contributed by atoms with Gasteiger partial charge in [0.05, 0.1) is 0 Å². The summed E-state index contributed by atoms with van der Waals surface area (Å²) in [6, 6.07) is 0. The Kier molecular flexibility index (Phi) is 7.58. The highest BCUT2D eigenvalue weighted by molar-refractivity contribution is 7.80. The quantitative estimate of drug-likeness (QED) is 0.399. The standard InChI is InChI=1S/C7H18N2S/c8-5-2-1-3-7(10)4-6-9/h7,10H,1-6,8-9H2. The SMILES string of the molecule is NCCCCC(S)CCN. The molecule has 2 nitrogen and oxygen atoms in total. The van der Waals surface area contributed by atoms with E-state index >= 15 is 0 Å². The fraction of sp³-hybridized carbons (Fsp3) is 1.00. The average Bonchev–Trinajstić information content (AvgIpc) is 1.89. The van der Waals surface area contributed by atoms with Gasteiger partial charge in [-0.1, -0.05) is 6.42 Å². The molecular weight excluding hydrogens is 144 g/mol. The Morgan fingerprint density at radius 2 is 1.70 bits per heavy atom. The van der Waals surface area contributed by atoms with Gasteiger partial charge in [0.1, 0.15) is 0 Å². The number of hydrogen-bond acceptors (Lipinski definition) is 3. The van der Waals surface area contributed by atoms with Crippen LogP contribution in [0, 0.1) is 0 Å². The van der Waals surface area contributed by atoms with Crippen molar-refractivity contribution in [2.45, 2.75) is 30.9 Å². The van der Waals surface area contributed by atoms with Crippen molar-refractivity contribution in [2.24, 2.45) is 11.5 Å². The van der Waals surface area contributed by atoms with Crippen LogP contribution in [-0.4, -0.2) is 18.3 Å². The Balaban J connectivity index is 2.97. The van der Waals surface area contributed by atoms with Crippen molar-refractivity contribution in [3.8, 4) is 0 Å². The molecule has 62 valence electrons. The van der Waals surface area contributed by atoms with Crippen LogP contribution in [0.2, 0.25) is 0 Å². The fourth-order valence-electron chi connectivity index (χ4n) is 0.861. The van der Waals surface area contributed by atoms with Gasteiger partial charge in [-0.2, -0.15) is 12.6 Å². The summed E-state index contributed by atoms with van der Waals surface area (Å²) in [4.78, 5) is 0. The second-order valence-corrected chi connectivity index (χ2v) is 3.25. The van der Waals surface area contributed by atoms with Gasteiger partial charge in [-0.3, -0.25) is 0 Å². The molecule has 3 heteroatoms. The Bertz CT molecular complexity index is 68.6. The Labute approximate surface area is 68.8 Å². The van der Waals surface area contributed by atoms with Gasteiger partial charge in [0, 0.05) is 5.25 Å². The number of thiol groups is 1. The topological polar surface area (TPSA) is 52.0 Å². The van der Waals surface area contributed by atoms with Crippen LogP contribution >= 0.6 is 12.6 Å². The van der Waals surface area contributed by atoms with E-state index in [9.17, 15) is 0 Å². The molecule has 0 amide bonds. The second-order valence-electron chi connectivity index (χ2n) is 2.52. The fourth-order valence-corrected chi connectivity index (χ4v) is 1.19. The van der Waals surface area contributed by atoms with Gasteiger partial charge in [-0.05, 0) is 32.4 Å². The van der Waals surface area contributed by atoms with Crippen LogP contribution in [-0.2, 0) is 0 Å². The Hall–Kier alpha value is 0.270. The zero-order valence-electron chi connectivity index (χ0n) is 6.42.